The van der Waals surface area contributed by atoms with Gasteiger partial charge in [-0.1, -0.05) is 31.4 Å². The van der Waals surface area contributed by atoms with E-state index in [2.05, 4.69) is 12.1 Å². The summed E-state index contributed by atoms with van der Waals surface area (Å²) in [6.07, 6.45) is 4.12. The predicted molar refractivity (Wildman–Crippen MR) is 75.7 cm³/mol. The molecule has 0 spiro atoms. The maximum absolute atomic E-state index is 12.7. The summed E-state index contributed by atoms with van der Waals surface area (Å²) in [7, 11) is 1.65. The van der Waals surface area contributed by atoms with Crippen molar-refractivity contribution in [3.63, 3.8) is 0 Å². The molecular weight excluding hydrogens is 250 g/mol. The second kappa shape index (κ2) is 5.75. The minimum Gasteiger partial charge on any atom is -0.313 e. The molecule has 0 saturated heterocycles. The zero-order chi connectivity index (χ0) is 14.6. The number of para-hydroxylation sites is 1. The highest BCUT2D eigenvalue weighted by atomic mass is 16.2. The fourth-order valence-corrected chi connectivity index (χ4v) is 2.82. The van der Waals surface area contributed by atoms with Gasteiger partial charge in [0.1, 0.15) is 11.5 Å². The fraction of sp³-hybridized carbons (Fsp3) is 0.438. The van der Waals surface area contributed by atoms with Crippen LogP contribution < -0.4 is 4.90 Å². The normalized spacial score (nSPS) is 16.8. The summed E-state index contributed by atoms with van der Waals surface area (Å²) in [6, 6.07) is 11.3. The van der Waals surface area contributed by atoms with Crippen molar-refractivity contribution in [1.29, 1.82) is 10.5 Å². The SMILES string of the molecule is CN(C(=O)C1(C#N)CCCCC1)c1ccccc1C#N. The Balaban J connectivity index is 2.33. The number of rotatable bonds is 2. The molecule has 2 rings (SSSR count). The van der Waals surface area contributed by atoms with E-state index in [1.54, 1.807) is 31.3 Å². The molecule has 0 aromatic heterocycles. The van der Waals surface area contributed by atoms with Crippen molar-refractivity contribution in [2.45, 2.75) is 32.1 Å². The van der Waals surface area contributed by atoms with Gasteiger partial charge in [-0.05, 0) is 25.0 Å². The molecule has 1 aliphatic rings. The third kappa shape index (κ3) is 2.38. The molecule has 0 N–H and O–H groups in total. The van der Waals surface area contributed by atoms with Gasteiger partial charge in [0, 0.05) is 7.05 Å². The summed E-state index contributed by atoms with van der Waals surface area (Å²) in [5, 5.41) is 18.6. The van der Waals surface area contributed by atoms with Crippen LogP contribution in [-0.4, -0.2) is 13.0 Å². The van der Waals surface area contributed by atoms with Gasteiger partial charge in [0.05, 0.1) is 17.3 Å². The summed E-state index contributed by atoms with van der Waals surface area (Å²) in [6.45, 7) is 0. The lowest BCUT2D eigenvalue weighted by Crippen LogP contribution is -2.43. The largest absolute Gasteiger partial charge is 0.313 e. The number of nitrogens with zero attached hydrogens (tertiary/aromatic N) is 3. The van der Waals surface area contributed by atoms with Gasteiger partial charge < -0.3 is 4.90 Å². The first-order valence-electron chi connectivity index (χ1n) is 6.83. The van der Waals surface area contributed by atoms with Gasteiger partial charge in [-0.25, -0.2) is 0 Å². The van der Waals surface area contributed by atoms with Crippen LogP contribution in [0.4, 0.5) is 5.69 Å². The van der Waals surface area contributed by atoms with E-state index in [-0.39, 0.29) is 5.91 Å². The van der Waals surface area contributed by atoms with Gasteiger partial charge in [-0.15, -0.1) is 0 Å². The van der Waals surface area contributed by atoms with Gasteiger partial charge in [0.2, 0.25) is 5.91 Å². The average molecular weight is 267 g/mol. The molecule has 0 aliphatic heterocycles. The zero-order valence-electron chi connectivity index (χ0n) is 11.6. The van der Waals surface area contributed by atoms with E-state index in [0.717, 1.165) is 19.3 Å². The minimum atomic E-state index is -0.921. The van der Waals surface area contributed by atoms with Gasteiger partial charge in [0.15, 0.2) is 0 Å². The minimum absolute atomic E-state index is 0.192. The first-order chi connectivity index (χ1) is 9.64. The number of benzene rings is 1. The lowest BCUT2D eigenvalue weighted by atomic mass is 9.74. The third-order valence-electron chi connectivity index (χ3n) is 4.02. The summed E-state index contributed by atoms with van der Waals surface area (Å²) in [5.41, 5.74) is 0.0997. The van der Waals surface area contributed by atoms with Gasteiger partial charge in [0.25, 0.3) is 0 Å². The fourth-order valence-electron chi connectivity index (χ4n) is 2.82. The highest BCUT2D eigenvalue weighted by Crippen LogP contribution is 2.38. The number of nitriles is 2. The second-order valence-electron chi connectivity index (χ2n) is 5.25. The van der Waals surface area contributed by atoms with Crippen LogP contribution in [0.5, 0.6) is 0 Å². The highest BCUT2D eigenvalue weighted by molar-refractivity contribution is 5.99. The number of carbonyl (C=O) groups excluding carboxylic acids is 1. The van der Waals surface area contributed by atoms with E-state index in [1.807, 2.05) is 0 Å². The van der Waals surface area contributed by atoms with Crippen LogP contribution in [0.2, 0.25) is 0 Å². The zero-order valence-corrected chi connectivity index (χ0v) is 11.6. The maximum atomic E-state index is 12.7. The Morgan fingerprint density at radius 3 is 2.45 bits per heavy atom. The molecule has 1 fully saturated rings. The molecule has 1 aromatic rings. The van der Waals surface area contributed by atoms with E-state index in [1.165, 1.54) is 4.90 Å². The first kappa shape index (κ1) is 14.1. The molecule has 0 radical (unpaired) electrons. The van der Waals surface area contributed by atoms with Crippen molar-refractivity contribution in [1.82, 2.24) is 0 Å². The summed E-state index contributed by atoms with van der Waals surface area (Å²) in [5.74, 6) is -0.192. The van der Waals surface area contributed by atoms with Crippen molar-refractivity contribution in [2.75, 3.05) is 11.9 Å². The molecule has 0 heterocycles. The van der Waals surface area contributed by atoms with E-state index in [0.29, 0.717) is 24.1 Å². The smallest absolute Gasteiger partial charge is 0.247 e. The summed E-state index contributed by atoms with van der Waals surface area (Å²) < 4.78 is 0. The highest BCUT2D eigenvalue weighted by Gasteiger charge is 2.42. The third-order valence-corrected chi connectivity index (χ3v) is 4.02. The Morgan fingerprint density at radius 1 is 1.20 bits per heavy atom. The predicted octanol–water partition coefficient (Wildman–Crippen LogP) is 3.00. The van der Waals surface area contributed by atoms with Crippen LogP contribution in [0.25, 0.3) is 0 Å². The van der Waals surface area contributed by atoms with Crippen molar-refractivity contribution in [3.05, 3.63) is 29.8 Å². The molecule has 0 bridgehead atoms. The van der Waals surface area contributed by atoms with Crippen LogP contribution in [0.1, 0.15) is 37.7 Å². The number of carbonyl (C=O) groups is 1. The van der Waals surface area contributed by atoms with Crippen LogP contribution >= 0.6 is 0 Å². The lowest BCUT2D eigenvalue weighted by molar-refractivity contribution is -0.126. The lowest BCUT2D eigenvalue weighted by Gasteiger charge is -2.33. The Labute approximate surface area is 119 Å². The van der Waals surface area contributed by atoms with E-state index < -0.39 is 5.41 Å². The van der Waals surface area contributed by atoms with Crippen molar-refractivity contribution in [3.8, 4) is 12.1 Å². The van der Waals surface area contributed by atoms with Crippen molar-refractivity contribution < 1.29 is 4.79 Å². The average Bonchev–Trinajstić information content (AvgIpc) is 2.54. The summed E-state index contributed by atoms with van der Waals surface area (Å²) in [4.78, 5) is 14.2. The molecule has 0 unspecified atom stereocenters. The monoisotopic (exact) mass is 267 g/mol. The van der Waals surface area contributed by atoms with E-state index in [4.69, 9.17) is 5.26 Å². The van der Waals surface area contributed by atoms with E-state index in [9.17, 15) is 10.1 Å². The Bertz CT molecular complexity index is 588. The van der Waals surface area contributed by atoms with Gasteiger partial charge >= 0.3 is 0 Å². The first-order valence-corrected chi connectivity index (χ1v) is 6.83. The molecule has 1 saturated carbocycles. The molecule has 4 nitrogen and oxygen atoms in total. The number of amides is 1. The summed E-state index contributed by atoms with van der Waals surface area (Å²) >= 11 is 0. The topological polar surface area (TPSA) is 67.9 Å². The van der Waals surface area contributed by atoms with Gasteiger partial charge in [-0.3, -0.25) is 4.79 Å². The molecular formula is C16H17N3O. The molecule has 4 heteroatoms. The molecule has 20 heavy (non-hydrogen) atoms. The molecule has 1 aromatic carbocycles. The Kier molecular flexibility index (Phi) is 4.05. The van der Waals surface area contributed by atoms with Crippen LogP contribution in [-0.2, 0) is 4.79 Å². The molecule has 1 amide bonds. The number of anilines is 1. The van der Waals surface area contributed by atoms with E-state index >= 15 is 0 Å². The molecule has 0 atom stereocenters. The number of hydrogen-bond acceptors (Lipinski definition) is 3. The van der Waals surface area contributed by atoms with Crippen LogP contribution in [0.15, 0.2) is 24.3 Å². The molecule has 102 valence electrons. The van der Waals surface area contributed by atoms with Gasteiger partial charge in [-0.2, -0.15) is 10.5 Å². The standard InChI is InChI=1S/C16H17N3O/c1-19(14-8-4-3-7-13(14)11-17)15(20)16(12-18)9-5-2-6-10-16/h3-4,7-8H,2,5-6,9-10H2,1H3. The maximum Gasteiger partial charge on any atom is 0.247 e. The second-order valence-corrected chi connectivity index (χ2v) is 5.25. The van der Waals surface area contributed by atoms with Crippen molar-refractivity contribution >= 4 is 11.6 Å². The Hall–Kier alpha value is -2.33. The quantitative estimate of drug-likeness (QED) is 0.827. The van der Waals surface area contributed by atoms with Crippen molar-refractivity contribution in [2.24, 2.45) is 5.41 Å². The Morgan fingerprint density at radius 2 is 1.85 bits per heavy atom. The van der Waals surface area contributed by atoms with Crippen LogP contribution in [0, 0.1) is 28.1 Å². The molecule has 1 aliphatic carbocycles. The van der Waals surface area contributed by atoms with Crippen LogP contribution in [0.3, 0.4) is 0 Å². The number of hydrogen-bond donors (Lipinski definition) is 0.